The number of nitrogens with zero attached hydrogens (tertiary/aromatic N) is 1. The molecular formula is C16H20N2O. The molecule has 100 valence electrons. The predicted molar refractivity (Wildman–Crippen MR) is 78.2 cm³/mol. The number of benzene rings is 1. The minimum atomic E-state index is -0.159. The van der Waals surface area contributed by atoms with E-state index in [0.29, 0.717) is 6.42 Å². The number of pyridine rings is 1. The average Bonchev–Trinajstić information content (AvgIpc) is 2.37. The molecule has 0 spiro atoms. The summed E-state index contributed by atoms with van der Waals surface area (Å²) < 4.78 is 0. The quantitative estimate of drug-likeness (QED) is 0.894. The van der Waals surface area contributed by atoms with Gasteiger partial charge in [-0.05, 0) is 18.4 Å². The maximum absolute atomic E-state index is 11.7. The largest absolute Gasteiger partial charge is 0.305 e. The van der Waals surface area contributed by atoms with Crippen molar-refractivity contribution < 1.29 is 4.79 Å². The maximum atomic E-state index is 11.7. The zero-order valence-corrected chi connectivity index (χ0v) is 11.7. The molecule has 0 saturated heterocycles. The predicted octanol–water partition coefficient (Wildman–Crippen LogP) is 2.73. The van der Waals surface area contributed by atoms with Crippen LogP contribution in [-0.4, -0.2) is 22.9 Å². The lowest BCUT2D eigenvalue weighted by atomic mass is 10.0. The highest BCUT2D eigenvalue weighted by atomic mass is 16.1. The fourth-order valence-corrected chi connectivity index (χ4v) is 2.17. The van der Waals surface area contributed by atoms with Crippen molar-refractivity contribution in [3.8, 4) is 0 Å². The van der Waals surface area contributed by atoms with E-state index >= 15 is 0 Å². The third-order valence-corrected chi connectivity index (χ3v) is 3.13. The molecule has 3 heteroatoms. The monoisotopic (exact) mass is 256 g/mol. The molecule has 0 radical (unpaired) electrons. The molecule has 0 amide bonds. The molecule has 0 aliphatic carbocycles. The number of aromatic nitrogens is 1. The summed E-state index contributed by atoms with van der Waals surface area (Å²) in [5.41, 5.74) is 0.951. The van der Waals surface area contributed by atoms with Crippen molar-refractivity contribution in [3.05, 3.63) is 42.2 Å². The average molecular weight is 256 g/mol. The number of fused-ring (bicyclic) bond motifs is 1. The fourth-order valence-electron chi connectivity index (χ4n) is 2.17. The lowest BCUT2D eigenvalue weighted by Gasteiger charge is -2.18. The van der Waals surface area contributed by atoms with Crippen LogP contribution in [0.15, 0.2) is 36.5 Å². The Morgan fingerprint density at radius 3 is 2.58 bits per heavy atom. The number of rotatable bonds is 5. The van der Waals surface area contributed by atoms with Crippen LogP contribution in [0.4, 0.5) is 0 Å². The Morgan fingerprint density at radius 2 is 1.95 bits per heavy atom. The molecule has 2 rings (SSSR count). The molecule has 1 N–H and O–H groups in total. The van der Waals surface area contributed by atoms with Crippen molar-refractivity contribution in [3.63, 3.8) is 0 Å². The first-order valence-corrected chi connectivity index (χ1v) is 6.66. The van der Waals surface area contributed by atoms with Crippen molar-refractivity contribution in [2.45, 2.75) is 39.3 Å². The first-order chi connectivity index (χ1) is 9.06. The molecule has 1 aromatic heterocycles. The van der Waals surface area contributed by atoms with E-state index in [1.54, 1.807) is 6.92 Å². The summed E-state index contributed by atoms with van der Waals surface area (Å²) in [6.07, 6.45) is 2.51. The number of hydrogen-bond donors (Lipinski definition) is 1. The van der Waals surface area contributed by atoms with Crippen molar-refractivity contribution in [2.75, 3.05) is 0 Å². The van der Waals surface area contributed by atoms with Gasteiger partial charge in [0, 0.05) is 29.7 Å². The highest BCUT2D eigenvalue weighted by Crippen LogP contribution is 2.14. The summed E-state index contributed by atoms with van der Waals surface area (Å²) in [4.78, 5) is 16.1. The van der Waals surface area contributed by atoms with Crippen molar-refractivity contribution in [1.29, 1.82) is 0 Å². The molecule has 19 heavy (non-hydrogen) atoms. The summed E-state index contributed by atoms with van der Waals surface area (Å²) in [7, 11) is 0. The molecule has 0 bridgehead atoms. The standard InChI is InChI=1S/C16H20N2O/c1-11(2)18-16(12(3)19)9-15-8-13-6-4-5-7-14(13)10-17-15/h4-8,10-11,16,18H,9H2,1-3H3/t16-/m0/s1. The van der Waals surface area contributed by atoms with Gasteiger partial charge >= 0.3 is 0 Å². The smallest absolute Gasteiger partial charge is 0.147 e. The Labute approximate surface area is 114 Å². The molecule has 0 unspecified atom stereocenters. The first-order valence-electron chi connectivity index (χ1n) is 6.66. The topological polar surface area (TPSA) is 42.0 Å². The zero-order chi connectivity index (χ0) is 13.8. The van der Waals surface area contributed by atoms with E-state index in [9.17, 15) is 4.79 Å². The highest BCUT2D eigenvalue weighted by Gasteiger charge is 2.16. The Balaban J connectivity index is 2.21. The number of hydrogen-bond acceptors (Lipinski definition) is 3. The van der Waals surface area contributed by atoms with Crippen LogP contribution in [0, 0.1) is 0 Å². The highest BCUT2D eigenvalue weighted by molar-refractivity contribution is 5.83. The van der Waals surface area contributed by atoms with Crippen molar-refractivity contribution in [1.82, 2.24) is 10.3 Å². The van der Waals surface area contributed by atoms with E-state index in [2.05, 4.69) is 22.4 Å². The Morgan fingerprint density at radius 1 is 1.26 bits per heavy atom. The Kier molecular flexibility index (Phi) is 4.27. The number of carbonyl (C=O) groups is 1. The Hall–Kier alpha value is -1.74. The first kappa shape index (κ1) is 13.7. The second-order valence-corrected chi connectivity index (χ2v) is 5.21. The molecule has 1 heterocycles. The van der Waals surface area contributed by atoms with Gasteiger partial charge in [-0.2, -0.15) is 0 Å². The molecule has 1 atom stereocenters. The third kappa shape index (κ3) is 3.61. The van der Waals surface area contributed by atoms with Crippen molar-refractivity contribution in [2.24, 2.45) is 0 Å². The summed E-state index contributed by atoms with van der Waals surface area (Å²) in [6, 6.07) is 10.3. The van der Waals surface area contributed by atoms with Crippen LogP contribution in [0.1, 0.15) is 26.5 Å². The van der Waals surface area contributed by atoms with Gasteiger partial charge in [0.25, 0.3) is 0 Å². The molecule has 0 aliphatic rings. The second-order valence-electron chi connectivity index (χ2n) is 5.21. The normalized spacial score (nSPS) is 12.8. The van der Waals surface area contributed by atoms with Crippen LogP contribution in [0.5, 0.6) is 0 Å². The molecular weight excluding hydrogens is 236 g/mol. The van der Waals surface area contributed by atoms with Gasteiger partial charge in [0.05, 0.1) is 6.04 Å². The number of nitrogens with one attached hydrogen (secondary N) is 1. The lowest BCUT2D eigenvalue weighted by molar-refractivity contribution is -0.119. The van der Waals surface area contributed by atoms with E-state index in [4.69, 9.17) is 0 Å². The summed E-state index contributed by atoms with van der Waals surface area (Å²) >= 11 is 0. The van der Waals surface area contributed by atoms with Gasteiger partial charge in [0.15, 0.2) is 0 Å². The van der Waals surface area contributed by atoms with Crippen molar-refractivity contribution >= 4 is 16.6 Å². The van der Waals surface area contributed by atoms with E-state index in [-0.39, 0.29) is 17.9 Å². The van der Waals surface area contributed by atoms with Crippen LogP contribution < -0.4 is 5.32 Å². The number of ketones is 1. The molecule has 0 saturated carbocycles. The van der Waals surface area contributed by atoms with Crippen LogP contribution in [-0.2, 0) is 11.2 Å². The summed E-state index contributed by atoms with van der Waals surface area (Å²) in [5.74, 6) is 0.156. The summed E-state index contributed by atoms with van der Waals surface area (Å²) in [6.45, 7) is 5.72. The van der Waals surface area contributed by atoms with E-state index in [1.807, 2.05) is 38.2 Å². The molecule has 1 aromatic carbocycles. The SMILES string of the molecule is CC(=O)[C@H](Cc1cc2ccccc2cn1)NC(C)C. The van der Waals surface area contributed by atoms with E-state index in [1.165, 1.54) is 5.39 Å². The molecule has 3 nitrogen and oxygen atoms in total. The molecule has 0 aliphatic heterocycles. The van der Waals surface area contributed by atoms with Gasteiger partial charge in [-0.1, -0.05) is 38.1 Å². The van der Waals surface area contributed by atoms with E-state index < -0.39 is 0 Å². The van der Waals surface area contributed by atoms with Crippen LogP contribution >= 0.6 is 0 Å². The number of carbonyl (C=O) groups excluding carboxylic acids is 1. The van der Waals surface area contributed by atoms with Gasteiger partial charge in [-0.15, -0.1) is 0 Å². The lowest BCUT2D eigenvalue weighted by Crippen LogP contribution is -2.41. The summed E-state index contributed by atoms with van der Waals surface area (Å²) in [5, 5.41) is 5.58. The molecule has 0 fully saturated rings. The second kappa shape index (κ2) is 5.93. The Bertz CT molecular complexity index is 578. The number of Topliss-reactive ketones (excluding diaryl/α,β-unsaturated/α-hetero) is 1. The van der Waals surface area contributed by atoms with Crippen LogP contribution in [0.2, 0.25) is 0 Å². The third-order valence-electron chi connectivity index (χ3n) is 3.13. The molecule has 2 aromatic rings. The van der Waals surface area contributed by atoms with Crippen LogP contribution in [0.25, 0.3) is 10.8 Å². The van der Waals surface area contributed by atoms with Gasteiger partial charge in [-0.25, -0.2) is 0 Å². The van der Waals surface area contributed by atoms with Gasteiger partial charge in [-0.3, -0.25) is 9.78 Å². The minimum Gasteiger partial charge on any atom is -0.305 e. The van der Waals surface area contributed by atoms with Crippen LogP contribution in [0.3, 0.4) is 0 Å². The maximum Gasteiger partial charge on any atom is 0.147 e. The van der Waals surface area contributed by atoms with Gasteiger partial charge < -0.3 is 5.32 Å². The zero-order valence-electron chi connectivity index (χ0n) is 11.7. The van der Waals surface area contributed by atoms with Gasteiger partial charge in [0.1, 0.15) is 5.78 Å². The van der Waals surface area contributed by atoms with Gasteiger partial charge in [0.2, 0.25) is 0 Å². The minimum absolute atomic E-state index is 0.156. The van der Waals surface area contributed by atoms with E-state index in [0.717, 1.165) is 11.1 Å². The fraction of sp³-hybridized carbons (Fsp3) is 0.375.